The molecule has 1 heterocycles. The van der Waals surface area contributed by atoms with Crippen molar-refractivity contribution < 1.29 is 9.36 Å². The van der Waals surface area contributed by atoms with E-state index in [4.69, 9.17) is 0 Å². The number of hydrogen-bond acceptors (Lipinski definition) is 1. The summed E-state index contributed by atoms with van der Waals surface area (Å²) >= 11 is 0. The van der Waals surface area contributed by atoms with Crippen molar-refractivity contribution >= 4 is 5.78 Å². The zero-order valence-corrected chi connectivity index (χ0v) is 9.76. The van der Waals surface area contributed by atoms with E-state index in [1.165, 1.54) is 5.56 Å². The van der Waals surface area contributed by atoms with Crippen molar-refractivity contribution in [2.75, 3.05) is 0 Å². The van der Waals surface area contributed by atoms with E-state index in [-0.39, 0.29) is 11.8 Å². The van der Waals surface area contributed by atoms with Gasteiger partial charge in [0.25, 0.3) is 0 Å². The molecule has 0 N–H and O–H groups in total. The topological polar surface area (TPSA) is 20.9 Å². The Morgan fingerprint density at radius 3 is 2.65 bits per heavy atom. The molecule has 0 aliphatic heterocycles. The van der Waals surface area contributed by atoms with Gasteiger partial charge in [0.05, 0.1) is 0 Å². The normalized spacial score (nSPS) is 18.2. The maximum absolute atomic E-state index is 12.3. The van der Waals surface area contributed by atoms with E-state index >= 15 is 0 Å². The first-order valence-electron chi connectivity index (χ1n) is 5.86. The third-order valence-electron chi connectivity index (χ3n) is 3.44. The summed E-state index contributed by atoms with van der Waals surface area (Å²) in [4.78, 5) is 12.3. The second-order valence-corrected chi connectivity index (χ2v) is 4.49. The highest BCUT2D eigenvalue weighted by molar-refractivity contribution is 6.02. The van der Waals surface area contributed by atoms with Crippen LogP contribution in [0.15, 0.2) is 48.7 Å². The van der Waals surface area contributed by atoms with Crippen LogP contribution in [0.3, 0.4) is 0 Å². The zero-order chi connectivity index (χ0) is 11.8. The largest absolute Gasteiger partial charge is 0.287 e. The van der Waals surface area contributed by atoms with E-state index in [1.807, 2.05) is 55.6 Å². The molecular weight excluding hydrogens is 210 g/mol. The van der Waals surface area contributed by atoms with Gasteiger partial charge in [-0.1, -0.05) is 30.3 Å². The van der Waals surface area contributed by atoms with Crippen molar-refractivity contribution in [3.63, 3.8) is 0 Å². The molecule has 1 atom stereocenters. The molecule has 0 saturated carbocycles. The van der Waals surface area contributed by atoms with E-state index < -0.39 is 0 Å². The van der Waals surface area contributed by atoms with Crippen molar-refractivity contribution in [1.29, 1.82) is 0 Å². The smallest absolute Gasteiger partial charge is 0.231 e. The first kappa shape index (κ1) is 10.2. The molecule has 0 bridgehead atoms. The van der Waals surface area contributed by atoms with Gasteiger partial charge < -0.3 is 0 Å². The number of fused-ring (bicyclic) bond motifs is 1. The lowest BCUT2D eigenvalue weighted by Gasteiger charge is -2.05. The molecule has 0 saturated heterocycles. The summed E-state index contributed by atoms with van der Waals surface area (Å²) in [7, 11) is 0. The van der Waals surface area contributed by atoms with E-state index in [9.17, 15) is 4.79 Å². The molecule has 1 aromatic heterocycles. The molecule has 2 aromatic rings. The first-order valence-corrected chi connectivity index (χ1v) is 5.86. The summed E-state index contributed by atoms with van der Waals surface area (Å²) in [5.74, 6) is 0.236. The molecule has 0 radical (unpaired) electrons. The molecule has 1 aliphatic carbocycles. The Balaban J connectivity index is 2.05. The number of aromatic nitrogens is 1. The molecule has 3 rings (SSSR count). The Bertz CT molecular complexity index is 589. The number of carbonyl (C=O) groups excluding carboxylic acids is 1. The van der Waals surface area contributed by atoms with Gasteiger partial charge in [-0.05, 0) is 5.56 Å². The van der Waals surface area contributed by atoms with Crippen LogP contribution in [-0.4, -0.2) is 5.78 Å². The van der Waals surface area contributed by atoms with E-state index in [2.05, 4.69) is 4.57 Å². The minimum absolute atomic E-state index is 0.0615. The molecule has 2 heteroatoms. The van der Waals surface area contributed by atoms with Crippen molar-refractivity contribution in [3.05, 3.63) is 65.5 Å². The number of pyridine rings is 1. The predicted octanol–water partition coefficient (Wildman–Crippen LogP) is 2.26. The van der Waals surface area contributed by atoms with Crippen LogP contribution in [0.25, 0.3) is 0 Å². The number of rotatable bonds is 1. The SMILES string of the molecule is Cc1cccc[n+]1C1Cc2ccccc2C1=O. The van der Waals surface area contributed by atoms with Gasteiger partial charge in [-0.2, -0.15) is 4.57 Å². The number of Topliss-reactive ketones (excluding diaryl/α,β-unsaturated/α-hetero) is 1. The molecule has 1 aliphatic rings. The zero-order valence-electron chi connectivity index (χ0n) is 9.76. The molecule has 17 heavy (non-hydrogen) atoms. The van der Waals surface area contributed by atoms with Gasteiger partial charge in [-0.3, -0.25) is 4.79 Å². The number of aryl methyl sites for hydroxylation is 1. The first-order chi connectivity index (χ1) is 8.27. The van der Waals surface area contributed by atoms with Gasteiger partial charge >= 0.3 is 0 Å². The molecule has 0 amide bonds. The van der Waals surface area contributed by atoms with Crippen molar-refractivity contribution in [2.45, 2.75) is 19.4 Å². The van der Waals surface area contributed by atoms with Gasteiger partial charge in [0, 0.05) is 31.0 Å². The van der Waals surface area contributed by atoms with Crippen molar-refractivity contribution in [1.82, 2.24) is 0 Å². The summed E-state index contributed by atoms with van der Waals surface area (Å²) in [5.41, 5.74) is 3.17. The number of hydrogen-bond donors (Lipinski definition) is 0. The summed E-state index contributed by atoms with van der Waals surface area (Å²) in [5, 5.41) is 0. The van der Waals surface area contributed by atoms with E-state index in [0.717, 1.165) is 17.7 Å². The standard InChI is InChI=1S/C15H14NO/c1-11-6-4-5-9-16(11)14-10-12-7-2-3-8-13(12)15(14)17/h2-9,14H,10H2,1H3/q+1. The Kier molecular flexibility index (Phi) is 2.29. The van der Waals surface area contributed by atoms with E-state index in [1.54, 1.807) is 0 Å². The summed E-state index contributed by atoms with van der Waals surface area (Å²) < 4.78 is 2.07. The fourth-order valence-corrected chi connectivity index (χ4v) is 2.53. The van der Waals surface area contributed by atoms with Gasteiger partial charge in [-0.25, -0.2) is 0 Å². The summed E-state index contributed by atoms with van der Waals surface area (Å²) in [6.45, 7) is 2.04. The minimum Gasteiger partial charge on any atom is -0.287 e. The molecule has 2 nitrogen and oxygen atoms in total. The van der Waals surface area contributed by atoms with Crippen LogP contribution >= 0.6 is 0 Å². The minimum atomic E-state index is -0.0615. The lowest BCUT2D eigenvalue weighted by molar-refractivity contribution is -0.712. The Labute approximate surface area is 101 Å². The molecule has 1 aromatic carbocycles. The molecule has 0 spiro atoms. The molecule has 0 fully saturated rings. The third-order valence-corrected chi connectivity index (χ3v) is 3.44. The second kappa shape index (κ2) is 3.81. The Morgan fingerprint density at radius 2 is 1.88 bits per heavy atom. The average molecular weight is 224 g/mol. The summed E-state index contributed by atoms with van der Waals surface area (Å²) in [6, 6.07) is 13.9. The fourth-order valence-electron chi connectivity index (χ4n) is 2.53. The van der Waals surface area contributed by atoms with Crippen molar-refractivity contribution in [2.24, 2.45) is 0 Å². The third kappa shape index (κ3) is 1.57. The van der Waals surface area contributed by atoms with Crippen LogP contribution in [0.1, 0.15) is 27.7 Å². The molecule has 84 valence electrons. The Morgan fingerprint density at radius 1 is 1.12 bits per heavy atom. The van der Waals surface area contributed by atoms with Crippen LogP contribution in [0, 0.1) is 6.92 Å². The molecule has 1 unspecified atom stereocenters. The number of benzene rings is 1. The van der Waals surface area contributed by atoms with E-state index in [0.29, 0.717) is 0 Å². The van der Waals surface area contributed by atoms with Crippen LogP contribution < -0.4 is 4.57 Å². The number of carbonyl (C=O) groups is 1. The lowest BCUT2D eigenvalue weighted by Crippen LogP contribution is -2.44. The highest BCUT2D eigenvalue weighted by Gasteiger charge is 2.37. The van der Waals surface area contributed by atoms with Crippen LogP contribution in [0.4, 0.5) is 0 Å². The number of ketones is 1. The fraction of sp³-hybridized carbons (Fsp3) is 0.200. The quantitative estimate of drug-likeness (QED) is 0.681. The van der Waals surface area contributed by atoms with Gasteiger partial charge in [0.1, 0.15) is 0 Å². The molecular formula is C15H14NO+. The lowest BCUT2D eigenvalue weighted by atomic mass is 10.1. The van der Waals surface area contributed by atoms with Crippen molar-refractivity contribution in [3.8, 4) is 0 Å². The highest BCUT2D eigenvalue weighted by atomic mass is 16.1. The van der Waals surface area contributed by atoms with Crippen LogP contribution in [-0.2, 0) is 6.42 Å². The van der Waals surface area contributed by atoms with Gasteiger partial charge in [0.15, 0.2) is 11.9 Å². The maximum atomic E-state index is 12.3. The predicted molar refractivity (Wildman–Crippen MR) is 64.9 cm³/mol. The van der Waals surface area contributed by atoms with Crippen LogP contribution in [0.5, 0.6) is 0 Å². The maximum Gasteiger partial charge on any atom is 0.231 e. The second-order valence-electron chi connectivity index (χ2n) is 4.49. The monoisotopic (exact) mass is 224 g/mol. The number of nitrogens with zero attached hydrogens (tertiary/aromatic N) is 1. The highest BCUT2D eigenvalue weighted by Crippen LogP contribution is 2.26. The van der Waals surface area contributed by atoms with Gasteiger partial charge in [-0.15, -0.1) is 0 Å². The van der Waals surface area contributed by atoms with Gasteiger partial charge in [0.2, 0.25) is 11.8 Å². The van der Waals surface area contributed by atoms with Crippen LogP contribution in [0.2, 0.25) is 0 Å². The summed E-state index contributed by atoms with van der Waals surface area (Å²) in [6.07, 6.45) is 2.80. The Hall–Kier alpha value is -1.96. The average Bonchev–Trinajstić information content (AvgIpc) is 2.68.